The van der Waals surface area contributed by atoms with E-state index in [1.165, 1.54) is 12.8 Å². The maximum Gasteiger partial charge on any atom is 0.0646 e. The van der Waals surface area contributed by atoms with Crippen LogP contribution in [-0.4, -0.2) is 29.0 Å². The monoisotopic (exact) mass is 249 g/mol. The fourth-order valence-electron chi connectivity index (χ4n) is 2.26. The first-order chi connectivity index (χ1) is 8.74. The molecular formula is C15H27N3. The first-order valence-corrected chi connectivity index (χ1v) is 7.11. The van der Waals surface area contributed by atoms with Crippen molar-refractivity contribution in [1.29, 1.82) is 0 Å². The molecule has 102 valence electrons. The molecule has 0 saturated carbocycles. The van der Waals surface area contributed by atoms with Crippen LogP contribution in [0.25, 0.3) is 0 Å². The summed E-state index contributed by atoms with van der Waals surface area (Å²) in [7, 11) is 0. The minimum Gasteiger partial charge on any atom is -0.329 e. The van der Waals surface area contributed by atoms with E-state index >= 15 is 0 Å². The van der Waals surface area contributed by atoms with E-state index in [9.17, 15) is 0 Å². The van der Waals surface area contributed by atoms with Crippen molar-refractivity contribution >= 4 is 0 Å². The number of pyridine rings is 1. The second-order valence-corrected chi connectivity index (χ2v) is 4.85. The second kappa shape index (κ2) is 8.22. The van der Waals surface area contributed by atoms with Gasteiger partial charge in [0.05, 0.1) is 11.7 Å². The lowest BCUT2D eigenvalue weighted by atomic mass is 10.1. The summed E-state index contributed by atoms with van der Waals surface area (Å²) in [6.07, 6.45) is 5.43. The Morgan fingerprint density at radius 2 is 2.11 bits per heavy atom. The van der Waals surface area contributed by atoms with Crippen molar-refractivity contribution in [2.24, 2.45) is 5.73 Å². The summed E-state index contributed by atoms with van der Waals surface area (Å²) in [5.41, 5.74) is 7.08. The van der Waals surface area contributed by atoms with Gasteiger partial charge in [-0.3, -0.25) is 9.88 Å². The Morgan fingerprint density at radius 3 is 2.61 bits per heavy atom. The highest BCUT2D eigenvalue weighted by Crippen LogP contribution is 2.22. The number of aromatic nitrogens is 1. The van der Waals surface area contributed by atoms with Crippen LogP contribution in [0, 0.1) is 0 Å². The lowest BCUT2D eigenvalue weighted by Gasteiger charge is -2.35. The minimum absolute atomic E-state index is 0.243. The smallest absolute Gasteiger partial charge is 0.0646 e. The summed E-state index contributed by atoms with van der Waals surface area (Å²) in [5.74, 6) is 0. The van der Waals surface area contributed by atoms with Gasteiger partial charge in [0, 0.05) is 18.8 Å². The fourth-order valence-corrected chi connectivity index (χ4v) is 2.26. The quantitative estimate of drug-likeness (QED) is 0.770. The van der Waals surface area contributed by atoms with Crippen molar-refractivity contribution in [1.82, 2.24) is 9.88 Å². The molecule has 18 heavy (non-hydrogen) atoms. The van der Waals surface area contributed by atoms with Crippen LogP contribution in [-0.2, 0) is 0 Å². The van der Waals surface area contributed by atoms with E-state index < -0.39 is 0 Å². The molecule has 0 aliphatic carbocycles. The zero-order valence-corrected chi connectivity index (χ0v) is 12.0. The molecule has 1 aromatic heterocycles. The Hall–Kier alpha value is -0.930. The molecular weight excluding hydrogens is 222 g/mol. The van der Waals surface area contributed by atoms with Gasteiger partial charge in [-0.25, -0.2) is 0 Å². The highest BCUT2D eigenvalue weighted by Gasteiger charge is 2.23. The van der Waals surface area contributed by atoms with Crippen LogP contribution in [0.15, 0.2) is 24.4 Å². The summed E-state index contributed by atoms with van der Waals surface area (Å²) >= 11 is 0. The lowest BCUT2D eigenvalue weighted by molar-refractivity contribution is 0.138. The van der Waals surface area contributed by atoms with Crippen LogP contribution in [0.2, 0.25) is 0 Å². The molecule has 1 rings (SSSR count). The Labute approximate surface area is 111 Å². The average molecular weight is 249 g/mol. The molecule has 0 aromatic carbocycles. The van der Waals surface area contributed by atoms with Gasteiger partial charge >= 0.3 is 0 Å². The van der Waals surface area contributed by atoms with Gasteiger partial charge in [-0.15, -0.1) is 0 Å². The number of rotatable bonds is 8. The molecule has 3 heteroatoms. The maximum atomic E-state index is 5.99. The van der Waals surface area contributed by atoms with Crippen molar-refractivity contribution in [3.05, 3.63) is 30.1 Å². The van der Waals surface area contributed by atoms with E-state index in [1.807, 2.05) is 18.3 Å². The van der Waals surface area contributed by atoms with E-state index in [1.54, 1.807) is 0 Å². The normalized spacial score (nSPS) is 14.7. The highest BCUT2D eigenvalue weighted by molar-refractivity contribution is 5.09. The molecule has 1 heterocycles. The Morgan fingerprint density at radius 1 is 1.33 bits per heavy atom. The van der Waals surface area contributed by atoms with Crippen LogP contribution in [0.3, 0.4) is 0 Å². The molecule has 0 radical (unpaired) electrons. The molecule has 0 fully saturated rings. The van der Waals surface area contributed by atoms with Crippen LogP contribution in [0.5, 0.6) is 0 Å². The summed E-state index contributed by atoms with van der Waals surface area (Å²) in [6.45, 7) is 8.47. The summed E-state index contributed by atoms with van der Waals surface area (Å²) in [5, 5.41) is 0. The van der Waals surface area contributed by atoms with Crippen molar-refractivity contribution in [3.63, 3.8) is 0 Å². The van der Waals surface area contributed by atoms with Gasteiger partial charge in [-0.1, -0.05) is 26.3 Å². The third-order valence-corrected chi connectivity index (χ3v) is 3.58. The second-order valence-electron chi connectivity index (χ2n) is 4.85. The molecule has 0 saturated heterocycles. The summed E-state index contributed by atoms with van der Waals surface area (Å²) in [6, 6.07) is 6.87. The standard InChI is InChI=1S/C15H27N3/c1-4-6-11-18(13(3)5-2)15(12-16)14-9-7-8-10-17-14/h7-10,13,15H,4-6,11-12,16H2,1-3H3. The molecule has 2 N–H and O–H groups in total. The van der Waals surface area contributed by atoms with Gasteiger partial charge in [-0.05, 0) is 38.4 Å². The molecule has 2 unspecified atom stereocenters. The number of unbranched alkanes of at least 4 members (excludes halogenated alkanes) is 1. The number of hydrogen-bond acceptors (Lipinski definition) is 3. The number of hydrogen-bond donors (Lipinski definition) is 1. The van der Waals surface area contributed by atoms with Crippen molar-refractivity contribution in [3.8, 4) is 0 Å². The highest BCUT2D eigenvalue weighted by atomic mass is 15.2. The lowest BCUT2D eigenvalue weighted by Crippen LogP contribution is -2.40. The van der Waals surface area contributed by atoms with Crippen LogP contribution in [0.1, 0.15) is 51.8 Å². The van der Waals surface area contributed by atoms with E-state index in [0.29, 0.717) is 12.6 Å². The molecule has 0 amide bonds. The molecule has 2 atom stereocenters. The van der Waals surface area contributed by atoms with Crippen molar-refractivity contribution < 1.29 is 0 Å². The van der Waals surface area contributed by atoms with Crippen molar-refractivity contribution in [2.45, 2.75) is 52.1 Å². The summed E-state index contributed by atoms with van der Waals surface area (Å²) in [4.78, 5) is 6.98. The van der Waals surface area contributed by atoms with Gasteiger partial charge in [0.25, 0.3) is 0 Å². The fraction of sp³-hybridized carbons (Fsp3) is 0.667. The third-order valence-electron chi connectivity index (χ3n) is 3.58. The maximum absolute atomic E-state index is 5.99. The molecule has 0 bridgehead atoms. The topological polar surface area (TPSA) is 42.1 Å². The van der Waals surface area contributed by atoms with Gasteiger partial charge in [0.2, 0.25) is 0 Å². The zero-order chi connectivity index (χ0) is 13.4. The number of nitrogens with zero attached hydrogens (tertiary/aromatic N) is 2. The predicted molar refractivity (Wildman–Crippen MR) is 77.4 cm³/mol. The van der Waals surface area contributed by atoms with Gasteiger partial charge in [-0.2, -0.15) is 0 Å². The third kappa shape index (κ3) is 4.07. The van der Waals surface area contributed by atoms with E-state index in [0.717, 1.165) is 18.7 Å². The van der Waals surface area contributed by atoms with E-state index in [4.69, 9.17) is 5.73 Å². The van der Waals surface area contributed by atoms with Crippen LogP contribution >= 0.6 is 0 Å². The SMILES string of the molecule is CCCCN(C(C)CC)C(CN)c1ccccn1. The van der Waals surface area contributed by atoms with Crippen molar-refractivity contribution in [2.75, 3.05) is 13.1 Å². The Kier molecular flexibility index (Phi) is 6.91. The minimum atomic E-state index is 0.243. The first kappa shape index (κ1) is 15.1. The Bertz CT molecular complexity index is 313. The van der Waals surface area contributed by atoms with Crippen LogP contribution < -0.4 is 5.73 Å². The van der Waals surface area contributed by atoms with E-state index in [-0.39, 0.29) is 6.04 Å². The van der Waals surface area contributed by atoms with E-state index in [2.05, 4.69) is 36.7 Å². The van der Waals surface area contributed by atoms with Gasteiger partial charge < -0.3 is 5.73 Å². The molecule has 0 spiro atoms. The predicted octanol–water partition coefficient (Wildman–Crippen LogP) is 2.98. The first-order valence-electron chi connectivity index (χ1n) is 7.11. The Balaban J connectivity index is 2.86. The van der Waals surface area contributed by atoms with Gasteiger partial charge in [0.1, 0.15) is 0 Å². The average Bonchev–Trinajstić information content (AvgIpc) is 2.43. The van der Waals surface area contributed by atoms with Crippen LogP contribution in [0.4, 0.5) is 0 Å². The largest absolute Gasteiger partial charge is 0.329 e. The molecule has 0 aliphatic heterocycles. The van der Waals surface area contributed by atoms with Gasteiger partial charge in [0.15, 0.2) is 0 Å². The number of nitrogens with two attached hydrogens (primary N) is 1. The zero-order valence-electron chi connectivity index (χ0n) is 12.0. The molecule has 0 aliphatic rings. The summed E-state index contributed by atoms with van der Waals surface area (Å²) < 4.78 is 0. The molecule has 1 aromatic rings. The molecule has 3 nitrogen and oxygen atoms in total.